The largest absolute Gasteiger partial charge is 0.319 e. The fraction of sp³-hybridized carbons (Fsp3) is 0.417. The van der Waals surface area contributed by atoms with E-state index < -0.39 is 5.54 Å². The molecule has 86 valence electrons. The van der Waals surface area contributed by atoms with Crippen molar-refractivity contribution in [2.75, 3.05) is 0 Å². The van der Waals surface area contributed by atoms with E-state index in [1.165, 1.54) is 0 Å². The maximum Gasteiger partial charge on any atom is 0.157 e. The maximum atomic E-state index is 11.9. The molecule has 2 rings (SSSR count). The summed E-state index contributed by atoms with van der Waals surface area (Å²) in [6, 6.07) is 5.17. The van der Waals surface area contributed by atoms with Crippen molar-refractivity contribution in [2.45, 2.75) is 31.2 Å². The average molecular weight is 258 g/mol. The van der Waals surface area contributed by atoms with Gasteiger partial charge in [0.2, 0.25) is 0 Å². The molecule has 0 atom stereocenters. The number of benzene rings is 1. The minimum atomic E-state index is -0.608. The zero-order chi connectivity index (χ0) is 11.8. The smallest absolute Gasteiger partial charge is 0.157 e. The van der Waals surface area contributed by atoms with Crippen LogP contribution in [-0.4, -0.2) is 11.3 Å². The molecule has 1 saturated carbocycles. The first kappa shape index (κ1) is 11.9. The Bertz CT molecular complexity index is 427. The van der Waals surface area contributed by atoms with Gasteiger partial charge in [-0.3, -0.25) is 4.79 Å². The molecule has 0 unspecified atom stereocenters. The van der Waals surface area contributed by atoms with Crippen LogP contribution in [0.4, 0.5) is 0 Å². The van der Waals surface area contributed by atoms with Crippen LogP contribution in [0.25, 0.3) is 0 Å². The number of ketones is 1. The van der Waals surface area contributed by atoms with Crippen LogP contribution in [0.5, 0.6) is 0 Å². The van der Waals surface area contributed by atoms with E-state index in [-0.39, 0.29) is 5.78 Å². The Labute approximate surface area is 105 Å². The van der Waals surface area contributed by atoms with Crippen molar-refractivity contribution < 1.29 is 4.79 Å². The molecule has 0 radical (unpaired) electrons. The fourth-order valence-electron chi connectivity index (χ4n) is 1.85. The number of Topliss-reactive ketones (excluding diaryl/α,β-unsaturated/α-hetero) is 1. The summed E-state index contributed by atoms with van der Waals surface area (Å²) in [4.78, 5) is 11.9. The van der Waals surface area contributed by atoms with Crippen LogP contribution in [0.1, 0.15) is 24.8 Å². The zero-order valence-corrected chi connectivity index (χ0v) is 10.3. The topological polar surface area (TPSA) is 43.1 Å². The number of hydrogen-bond donors (Lipinski definition) is 1. The zero-order valence-electron chi connectivity index (χ0n) is 8.80. The Morgan fingerprint density at radius 2 is 2.06 bits per heavy atom. The van der Waals surface area contributed by atoms with Gasteiger partial charge in [-0.1, -0.05) is 29.3 Å². The van der Waals surface area contributed by atoms with E-state index in [1.807, 2.05) is 0 Å². The molecule has 16 heavy (non-hydrogen) atoms. The molecule has 1 aliphatic rings. The molecule has 0 amide bonds. The third-order valence-electron chi connectivity index (χ3n) is 3.17. The van der Waals surface area contributed by atoms with Crippen LogP contribution in [0, 0.1) is 0 Å². The molecule has 1 aromatic carbocycles. The van der Waals surface area contributed by atoms with Crippen LogP contribution in [0.15, 0.2) is 18.2 Å². The molecule has 0 bridgehead atoms. The van der Waals surface area contributed by atoms with Crippen LogP contribution in [-0.2, 0) is 11.2 Å². The molecule has 1 fully saturated rings. The summed E-state index contributed by atoms with van der Waals surface area (Å²) in [6.45, 7) is 0. The van der Waals surface area contributed by atoms with Gasteiger partial charge in [-0.2, -0.15) is 0 Å². The van der Waals surface area contributed by atoms with Crippen molar-refractivity contribution in [3.05, 3.63) is 33.8 Å². The summed E-state index contributed by atoms with van der Waals surface area (Å²) in [5, 5.41) is 1.11. The molecule has 2 nitrogen and oxygen atoms in total. The lowest BCUT2D eigenvalue weighted by Crippen LogP contribution is -2.54. The van der Waals surface area contributed by atoms with E-state index in [0.29, 0.717) is 16.5 Å². The molecule has 1 aliphatic carbocycles. The van der Waals surface area contributed by atoms with E-state index in [9.17, 15) is 4.79 Å². The second kappa shape index (κ2) is 4.36. The number of carbonyl (C=O) groups excluding carboxylic acids is 1. The first-order chi connectivity index (χ1) is 7.51. The Morgan fingerprint density at radius 3 is 2.56 bits per heavy atom. The molecule has 2 N–H and O–H groups in total. The number of carbonyl (C=O) groups is 1. The Hall–Kier alpha value is -0.570. The standard InChI is InChI=1S/C12H13Cl2NO/c13-9-3-2-8(10(14)7-9)6-11(16)12(15)4-1-5-12/h2-3,7H,1,4-6,15H2. The quantitative estimate of drug-likeness (QED) is 0.905. The number of rotatable bonds is 3. The van der Waals surface area contributed by atoms with Crippen LogP contribution in [0.3, 0.4) is 0 Å². The van der Waals surface area contributed by atoms with E-state index in [0.717, 1.165) is 24.8 Å². The lowest BCUT2D eigenvalue weighted by atomic mass is 9.73. The van der Waals surface area contributed by atoms with Gasteiger partial charge in [-0.05, 0) is 37.0 Å². The molecule has 0 heterocycles. The number of nitrogens with two attached hydrogens (primary N) is 1. The summed E-state index contributed by atoms with van der Waals surface area (Å²) in [5.41, 5.74) is 6.15. The summed E-state index contributed by atoms with van der Waals surface area (Å²) in [7, 11) is 0. The molecule has 0 saturated heterocycles. The molecule has 0 spiro atoms. The first-order valence-electron chi connectivity index (χ1n) is 5.27. The maximum absolute atomic E-state index is 11.9. The lowest BCUT2D eigenvalue weighted by Gasteiger charge is -2.36. The highest BCUT2D eigenvalue weighted by Gasteiger charge is 2.39. The van der Waals surface area contributed by atoms with E-state index in [4.69, 9.17) is 28.9 Å². The molecule has 4 heteroatoms. The number of halogens is 2. The van der Waals surface area contributed by atoms with E-state index >= 15 is 0 Å². The molecule has 0 aliphatic heterocycles. The predicted molar refractivity (Wildman–Crippen MR) is 65.9 cm³/mol. The average Bonchev–Trinajstić information content (AvgIpc) is 2.18. The molecular formula is C12H13Cl2NO. The van der Waals surface area contributed by atoms with Crippen molar-refractivity contribution >= 4 is 29.0 Å². The SMILES string of the molecule is NC1(C(=O)Cc2ccc(Cl)cc2Cl)CCC1. The minimum Gasteiger partial charge on any atom is -0.319 e. The summed E-state index contributed by atoms with van der Waals surface area (Å²) < 4.78 is 0. The van der Waals surface area contributed by atoms with Gasteiger partial charge in [0, 0.05) is 16.5 Å². The summed E-state index contributed by atoms with van der Waals surface area (Å²) >= 11 is 11.8. The van der Waals surface area contributed by atoms with Crippen LogP contribution in [0.2, 0.25) is 10.0 Å². The summed E-state index contributed by atoms with van der Waals surface area (Å²) in [6.07, 6.45) is 2.91. The highest BCUT2D eigenvalue weighted by molar-refractivity contribution is 6.35. The summed E-state index contributed by atoms with van der Waals surface area (Å²) in [5.74, 6) is 0.0722. The normalized spacial score (nSPS) is 17.9. The van der Waals surface area contributed by atoms with E-state index in [2.05, 4.69) is 0 Å². The highest BCUT2D eigenvalue weighted by Crippen LogP contribution is 2.32. The van der Waals surface area contributed by atoms with Gasteiger partial charge in [0.1, 0.15) is 0 Å². The Morgan fingerprint density at radius 1 is 1.38 bits per heavy atom. The van der Waals surface area contributed by atoms with Gasteiger partial charge < -0.3 is 5.73 Å². The van der Waals surface area contributed by atoms with Crippen molar-refractivity contribution in [2.24, 2.45) is 5.73 Å². The second-order valence-corrected chi connectivity index (χ2v) is 5.19. The lowest BCUT2D eigenvalue weighted by molar-refractivity contribution is -0.126. The Kier molecular flexibility index (Phi) is 3.24. The second-order valence-electron chi connectivity index (χ2n) is 4.35. The van der Waals surface area contributed by atoms with Crippen LogP contribution >= 0.6 is 23.2 Å². The minimum absolute atomic E-state index is 0.0722. The third kappa shape index (κ3) is 2.24. The van der Waals surface area contributed by atoms with Gasteiger partial charge in [0.05, 0.1) is 5.54 Å². The fourth-order valence-corrected chi connectivity index (χ4v) is 2.33. The van der Waals surface area contributed by atoms with Crippen molar-refractivity contribution in [3.8, 4) is 0 Å². The monoisotopic (exact) mass is 257 g/mol. The van der Waals surface area contributed by atoms with Crippen molar-refractivity contribution in [1.29, 1.82) is 0 Å². The van der Waals surface area contributed by atoms with Gasteiger partial charge in [0.25, 0.3) is 0 Å². The van der Waals surface area contributed by atoms with Gasteiger partial charge in [0.15, 0.2) is 5.78 Å². The molecular weight excluding hydrogens is 245 g/mol. The van der Waals surface area contributed by atoms with Gasteiger partial charge >= 0.3 is 0 Å². The van der Waals surface area contributed by atoms with Crippen molar-refractivity contribution in [1.82, 2.24) is 0 Å². The molecule has 1 aromatic rings. The number of hydrogen-bond acceptors (Lipinski definition) is 2. The first-order valence-corrected chi connectivity index (χ1v) is 6.03. The van der Waals surface area contributed by atoms with Crippen molar-refractivity contribution in [3.63, 3.8) is 0 Å². The molecule has 0 aromatic heterocycles. The third-order valence-corrected chi connectivity index (χ3v) is 3.75. The van der Waals surface area contributed by atoms with Gasteiger partial charge in [-0.25, -0.2) is 0 Å². The van der Waals surface area contributed by atoms with Gasteiger partial charge in [-0.15, -0.1) is 0 Å². The predicted octanol–water partition coefficient (Wildman–Crippen LogP) is 2.99. The Balaban J connectivity index is 2.12. The highest BCUT2D eigenvalue weighted by atomic mass is 35.5. The van der Waals surface area contributed by atoms with E-state index in [1.54, 1.807) is 18.2 Å². The van der Waals surface area contributed by atoms with Crippen LogP contribution < -0.4 is 5.73 Å².